The van der Waals surface area contributed by atoms with Crippen LogP contribution < -0.4 is 16.0 Å². The molecule has 1 aliphatic heterocycles. The van der Waals surface area contributed by atoms with E-state index in [1.807, 2.05) is 0 Å². The average molecular weight is 450 g/mol. The Balaban J connectivity index is 0.00000160. The molecule has 9 heteroatoms. The van der Waals surface area contributed by atoms with E-state index < -0.39 is 0 Å². The van der Waals surface area contributed by atoms with Crippen molar-refractivity contribution in [3.63, 3.8) is 0 Å². The smallest absolute Gasteiger partial charge is 0.255 e. The van der Waals surface area contributed by atoms with E-state index in [0.29, 0.717) is 22.9 Å². The maximum absolute atomic E-state index is 12.6. The summed E-state index contributed by atoms with van der Waals surface area (Å²) in [5, 5.41) is 9.33. The minimum atomic E-state index is -0.235. The number of carbonyl (C=O) groups is 2. The van der Waals surface area contributed by atoms with Crippen molar-refractivity contribution in [1.82, 2.24) is 20.6 Å². The third-order valence-electron chi connectivity index (χ3n) is 5.02. The summed E-state index contributed by atoms with van der Waals surface area (Å²) in [5.41, 5.74) is 3.25. The molecule has 2 unspecified atom stereocenters. The molecule has 0 saturated carbocycles. The number of imidazole rings is 1. The topological polar surface area (TPSA) is 98.9 Å². The molecular formula is C21H25Cl2N5O2. The lowest BCUT2D eigenvalue weighted by Crippen LogP contribution is -2.46. The van der Waals surface area contributed by atoms with Gasteiger partial charge in [-0.05, 0) is 62.7 Å². The van der Waals surface area contributed by atoms with Gasteiger partial charge in [0.15, 0.2) is 0 Å². The normalized spacial score (nSPS) is 18.0. The highest BCUT2D eigenvalue weighted by molar-refractivity contribution is 6.06. The largest absolute Gasteiger partial charge is 0.349 e. The number of hydrogen-bond donors (Lipinski definition) is 4. The third kappa shape index (κ3) is 5.50. The maximum atomic E-state index is 12.6. The summed E-state index contributed by atoms with van der Waals surface area (Å²) in [6, 6.07) is 12.9. The van der Waals surface area contributed by atoms with Crippen molar-refractivity contribution in [1.29, 1.82) is 0 Å². The van der Waals surface area contributed by atoms with Crippen molar-refractivity contribution in [2.75, 3.05) is 11.9 Å². The number of piperidine rings is 1. The van der Waals surface area contributed by atoms with Crippen LogP contribution in [0.25, 0.3) is 11.0 Å². The molecule has 0 bridgehead atoms. The summed E-state index contributed by atoms with van der Waals surface area (Å²) in [5.74, 6) is -0.352. The summed E-state index contributed by atoms with van der Waals surface area (Å²) in [4.78, 5) is 32.3. The fraction of sp³-hybridized carbons (Fsp3) is 0.286. The summed E-state index contributed by atoms with van der Waals surface area (Å²) in [6.45, 7) is 3.03. The Morgan fingerprint density at radius 1 is 1.07 bits per heavy atom. The second-order valence-corrected chi connectivity index (χ2v) is 7.22. The van der Waals surface area contributed by atoms with Crippen LogP contribution >= 0.6 is 24.8 Å². The van der Waals surface area contributed by atoms with Gasteiger partial charge < -0.3 is 20.9 Å². The number of nitrogens with one attached hydrogen (secondary N) is 4. The van der Waals surface area contributed by atoms with Crippen LogP contribution in [-0.2, 0) is 0 Å². The lowest BCUT2D eigenvalue weighted by Gasteiger charge is -2.28. The summed E-state index contributed by atoms with van der Waals surface area (Å²) >= 11 is 0. The molecule has 7 nitrogen and oxygen atoms in total. The first-order chi connectivity index (χ1) is 13.6. The second-order valence-electron chi connectivity index (χ2n) is 7.22. The molecule has 3 aromatic rings. The zero-order valence-electron chi connectivity index (χ0n) is 16.5. The van der Waals surface area contributed by atoms with Gasteiger partial charge in [-0.3, -0.25) is 9.59 Å². The van der Waals surface area contributed by atoms with Gasteiger partial charge in [-0.15, -0.1) is 24.8 Å². The van der Waals surface area contributed by atoms with Gasteiger partial charge in [0.05, 0.1) is 17.4 Å². The van der Waals surface area contributed by atoms with Gasteiger partial charge in [0, 0.05) is 28.9 Å². The average Bonchev–Trinajstić information content (AvgIpc) is 3.16. The number of aromatic nitrogens is 2. The van der Waals surface area contributed by atoms with E-state index in [2.05, 4.69) is 32.8 Å². The molecule has 2 aromatic carbocycles. The van der Waals surface area contributed by atoms with Gasteiger partial charge in [0.2, 0.25) is 0 Å². The zero-order valence-corrected chi connectivity index (χ0v) is 18.1. The highest BCUT2D eigenvalue weighted by Gasteiger charge is 2.20. The Kier molecular flexibility index (Phi) is 8.23. The first-order valence-corrected chi connectivity index (χ1v) is 9.47. The number of nitrogens with zero attached hydrogens (tertiary/aromatic N) is 1. The molecule has 30 heavy (non-hydrogen) atoms. The summed E-state index contributed by atoms with van der Waals surface area (Å²) in [6.07, 6.45) is 3.43. The molecule has 1 fully saturated rings. The predicted octanol–water partition coefficient (Wildman–Crippen LogP) is 3.53. The number of H-pyrrole nitrogens is 1. The van der Waals surface area contributed by atoms with E-state index in [9.17, 15) is 9.59 Å². The molecule has 160 valence electrons. The highest BCUT2D eigenvalue weighted by atomic mass is 35.5. The SMILES string of the molecule is CC1CC(NC(=O)c2cccc(NC(=O)c3ccc4nc[nH]c4c3)c2)CCN1.Cl.Cl. The van der Waals surface area contributed by atoms with Crippen molar-refractivity contribution in [3.8, 4) is 0 Å². The van der Waals surface area contributed by atoms with Gasteiger partial charge in [0.1, 0.15) is 0 Å². The second kappa shape index (κ2) is 10.4. The van der Waals surface area contributed by atoms with Crippen LogP contribution in [0.4, 0.5) is 5.69 Å². The number of benzene rings is 2. The fourth-order valence-corrected chi connectivity index (χ4v) is 3.55. The van der Waals surface area contributed by atoms with E-state index in [4.69, 9.17) is 0 Å². The van der Waals surface area contributed by atoms with Gasteiger partial charge >= 0.3 is 0 Å². The summed E-state index contributed by atoms with van der Waals surface area (Å²) in [7, 11) is 0. The number of rotatable bonds is 4. The number of amides is 2. The minimum absolute atomic E-state index is 0. The monoisotopic (exact) mass is 449 g/mol. The number of fused-ring (bicyclic) bond motifs is 1. The van der Waals surface area contributed by atoms with Gasteiger partial charge in [-0.1, -0.05) is 6.07 Å². The molecule has 0 aliphatic carbocycles. The Morgan fingerprint density at radius 3 is 2.67 bits per heavy atom. The van der Waals surface area contributed by atoms with Crippen molar-refractivity contribution in [2.45, 2.75) is 31.8 Å². The maximum Gasteiger partial charge on any atom is 0.255 e. The van der Waals surface area contributed by atoms with E-state index in [1.165, 1.54) is 0 Å². The van der Waals surface area contributed by atoms with Gasteiger partial charge in [0.25, 0.3) is 11.8 Å². The van der Waals surface area contributed by atoms with E-state index in [-0.39, 0.29) is 42.7 Å². The van der Waals surface area contributed by atoms with Crippen molar-refractivity contribution in [3.05, 3.63) is 59.9 Å². The molecule has 1 saturated heterocycles. The van der Waals surface area contributed by atoms with Crippen LogP contribution in [-0.4, -0.2) is 40.4 Å². The van der Waals surface area contributed by atoms with Crippen LogP contribution in [0.5, 0.6) is 0 Å². The van der Waals surface area contributed by atoms with Crippen molar-refractivity contribution >= 4 is 53.3 Å². The van der Waals surface area contributed by atoms with E-state index in [0.717, 1.165) is 30.4 Å². The number of aromatic amines is 1. The molecule has 2 atom stereocenters. The third-order valence-corrected chi connectivity index (χ3v) is 5.02. The molecule has 4 rings (SSSR count). The molecule has 1 aliphatic rings. The van der Waals surface area contributed by atoms with E-state index in [1.54, 1.807) is 48.8 Å². The number of carbonyl (C=O) groups excluding carboxylic acids is 2. The van der Waals surface area contributed by atoms with Gasteiger partial charge in [-0.25, -0.2) is 4.98 Å². The molecule has 4 N–H and O–H groups in total. The first-order valence-electron chi connectivity index (χ1n) is 9.47. The van der Waals surface area contributed by atoms with E-state index >= 15 is 0 Å². The van der Waals surface area contributed by atoms with Crippen LogP contribution in [0.3, 0.4) is 0 Å². The standard InChI is InChI=1S/C21H23N5O2.2ClH/c1-13-9-17(7-8-22-13)26-20(27)14-3-2-4-16(10-14)25-21(28)15-5-6-18-19(11-15)24-12-23-18;;/h2-6,10-13,17,22H,7-9H2,1H3,(H,23,24)(H,25,28)(H,26,27);2*1H. The predicted molar refractivity (Wildman–Crippen MR) is 123 cm³/mol. The molecule has 2 amide bonds. The zero-order chi connectivity index (χ0) is 19.5. The quantitative estimate of drug-likeness (QED) is 0.489. The van der Waals surface area contributed by atoms with Crippen LogP contribution in [0.15, 0.2) is 48.8 Å². The Hall–Kier alpha value is -2.61. The van der Waals surface area contributed by atoms with Crippen LogP contribution in [0, 0.1) is 0 Å². The van der Waals surface area contributed by atoms with Gasteiger partial charge in [-0.2, -0.15) is 0 Å². The molecular weight excluding hydrogens is 425 g/mol. The van der Waals surface area contributed by atoms with Crippen molar-refractivity contribution < 1.29 is 9.59 Å². The number of hydrogen-bond acceptors (Lipinski definition) is 4. The summed E-state index contributed by atoms with van der Waals surface area (Å²) < 4.78 is 0. The molecule has 2 heterocycles. The lowest BCUT2D eigenvalue weighted by atomic mass is 10.00. The van der Waals surface area contributed by atoms with Crippen molar-refractivity contribution in [2.24, 2.45) is 0 Å². The Morgan fingerprint density at radius 2 is 1.87 bits per heavy atom. The number of anilines is 1. The Bertz CT molecular complexity index is 1020. The minimum Gasteiger partial charge on any atom is -0.349 e. The Labute approximate surface area is 187 Å². The number of halogens is 2. The van der Waals surface area contributed by atoms with Crippen LogP contribution in [0.2, 0.25) is 0 Å². The highest BCUT2D eigenvalue weighted by Crippen LogP contribution is 2.16. The van der Waals surface area contributed by atoms with Crippen LogP contribution in [0.1, 0.15) is 40.5 Å². The fourth-order valence-electron chi connectivity index (χ4n) is 3.55. The molecule has 1 aromatic heterocycles. The first kappa shape index (κ1) is 23.7. The molecule has 0 spiro atoms. The lowest BCUT2D eigenvalue weighted by molar-refractivity contribution is 0.0924. The molecule has 0 radical (unpaired) electrons.